The molecular formula is C11H9BrF3N. The van der Waals surface area contributed by atoms with E-state index in [4.69, 9.17) is 0 Å². The molecule has 0 aromatic heterocycles. The van der Waals surface area contributed by atoms with Crippen LogP contribution in [-0.4, -0.2) is 6.54 Å². The molecule has 1 N–H and O–H groups in total. The molecule has 1 aromatic carbocycles. The van der Waals surface area contributed by atoms with Crippen molar-refractivity contribution in [3.8, 4) is 11.8 Å². The second kappa shape index (κ2) is 5.26. The van der Waals surface area contributed by atoms with Crippen molar-refractivity contribution in [3.63, 3.8) is 0 Å². The van der Waals surface area contributed by atoms with Crippen LogP contribution in [0.1, 0.15) is 12.5 Å². The number of alkyl halides is 3. The number of anilines is 1. The molecule has 0 saturated carbocycles. The lowest BCUT2D eigenvalue weighted by Crippen LogP contribution is -2.07. The van der Waals surface area contributed by atoms with E-state index >= 15 is 0 Å². The molecule has 0 aliphatic carbocycles. The maximum absolute atomic E-state index is 12.5. The van der Waals surface area contributed by atoms with Gasteiger partial charge in [0.15, 0.2) is 0 Å². The molecule has 5 heteroatoms. The normalized spacial score (nSPS) is 10.6. The number of halogens is 4. The molecule has 0 saturated heterocycles. The van der Waals surface area contributed by atoms with Crippen molar-refractivity contribution in [2.45, 2.75) is 13.1 Å². The number of hydrogen-bond acceptors (Lipinski definition) is 1. The third-order valence-electron chi connectivity index (χ3n) is 1.83. The molecule has 0 bridgehead atoms. The van der Waals surface area contributed by atoms with E-state index in [9.17, 15) is 13.2 Å². The summed E-state index contributed by atoms with van der Waals surface area (Å²) in [5, 5.41) is 2.79. The highest BCUT2D eigenvalue weighted by atomic mass is 79.9. The SMILES string of the molecule is CC#CCNc1ccc(Br)c(C(F)(F)F)c1. The summed E-state index contributed by atoms with van der Waals surface area (Å²) in [5.74, 6) is 5.37. The van der Waals surface area contributed by atoms with Crippen molar-refractivity contribution < 1.29 is 13.2 Å². The third-order valence-corrected chi connectivity index (χ3v) is 2.52. The summed E-state index contributed by atoms with van der Waals surface area (Å²) < 4.78 is 37.6. The highest BCUT2D eigenvalue weighted by Gasteiger charge is 2.33. The zero-order valence-electron chi connectivity index (χ0n) is 8.45. The highest BCUT2D eigenvalue weighted by Crippen LogP contribution is 2.36. The lowest BCUT2D eigenvalue weighted by atomic mass is 10.2. The van der Waals surface area contributed by atoms with Crippen molar-refractivity contribution in [1.29, 1.82) is 0 Å². The van der Waals surface area contributed by atoms with Crippen LogP contribution < -0.4 is 5.32 Å². The van der Waals surface area contributed by atoms with Crippen LogP contribution in [0.2, 0.25) is 0 Å². The minimum atomic E-state index is -4.35. The van der Waals surface area contributed by atoms with Gasteiger partial charge in [-0.05, 0) is 25.1 Å². The number of hydrogen-bond donors (Lipinski definition) is 1. The second-order valence-corrected chi connectivity index (χ2v) is 3.83. The van der Waals surface area contributed by atoms with Crippen LogP contribution in [0.4, 0.5) is 18.9 Å². The molecule has 0 fully saturated rings. The smallest absolute Gasteiger partial charge is 0.374 e. The monoisotopic (exact) mass is 291 g/mol. The van der Waals surface area contributed by atoms with Gasteiger partial charge < -0.3 is 5.32 Å². The molecule has 86 valence electrons. The first-order chi connectivity index (χ1) is 7.45. The fourth-order valence-corrected chi connectivity index (χ4v) is 1.56. The van der Waals surface area contributed by atoms with Crippen LogP contribution in [0.15, 0.2) is 22.7 Å². The van der Waals surface area contributed by atoms with E-state index in [-0.39, 0.29) is 4.47 Å². The predicted octanol–water partition coefficient (Wildman–Crippen LogP) is 3.90. The Hall–Kier alpha value is -1.15. The largest absolute Gasteiger partial charge is 0.417 e. The van der Waals surface area contributed by atoms with Gasteiger partial charge in [-0.15, -0.1) is 5.92 Å². The molecule has 1 aromatic rings. The van der Waals surface area contributed by atoms with Gasteiger partial charge in [0.2, 0.25) is 0 Å². The number of nitrogens with one attached hydrogen (secondary N) is 1. The Morgan fingerprint density at radius 1 is 1.38 bits per heavy atom. The van der Waals surface area contributed by atoms with Gasteiger partial charge in [-0.1, -0.05) is 21.9 Å². The van der Waals surface area contributed by atoms with Gasteiger partial charge >= 0.3 is 6.18 Å². The summed E-state index contributed by atoms with van der Waals surface area (Å²) in [7, 11) is 0. The molecule has 1 rings (SSSR count). The van der Waals surface area contributed by atoms with Gasteiger partial charge in [0.25, 0.3) is 0 Å². The van der Waals surface area contributed by atoms with Crippen LogP contribution >= 0.6 is 15.9 Å². The fourth-order valence-electron chi connectivity index (χ4n) is 1.09. The molecule has 0 atom stereocenters. The fraction of sp³-hybridized carbons (Fsp3) is 0.273. The highest BCUT2D eigenvalue weighted by molar-refractivity contribution is 9.10. The lowest BCUT2D eigenvalue weighted by molar-refractivity contribution is -0.138. The number of benzene rings is 1. The van der Waals surface area contributed by atoms with E-state index in [0.29, 0.717) is 12.2 Å². The maximum Gasteiger partial charge on any atom is 0.417 e. The van der Waals surface area contributed by atoms with Crippen LogP contribution in [0, 0.1) is 11.8 Å². The predicted molar refractivity (Wildman–Crippen MR) is 61.1 cm³/mol. The molecular weight excluding hydrogens is 283 g/mol. The zero-order chi connectivity index (χ0) is 12.2. The van der Waals surface area contributed by atoms with Gasteiger partial charge in [-0.25, -0.2) is 0 Å². The molecule has 1 nitrogen and oxygen atoms in total. The van der Waals surface area contributed by atoms with E-state index in [1.54, 1.807) is 13.0 Å². The van der Waals surface area contributed by atoms with Crippen molar-refractivity contribution in [2.24, 2.45) is 0 Å². The first-order valence-electron chi connectivity index (χ1n) is 4.45. The molecule has 16 heavy (non-hydrogen) atoms. The van der Waals surface area contributed by atoms with Crippen molar-refractivity contribution >= 4 is 21.6 Å². The average molecular weight is 292 g/mol. The summed E-state index contributed by atoms with van der Waals surface area (Å²) in [6, 6.07) is 3.99. The molecule has 0 aliphatic rings. The van der Waals surface area contributed by atoms with Crippen molar-refractivity contribution in [3.05, 3.63) is 28.2 Å². The molecule has 0 amide bonds. The van der Waals surface area contributed by atoms with E-state index in [1.807, 2.05) is 0 Å². The Bertz CT molecular complexity index is 429. The summed E-state index contributed by atoms with van der Waals surface area (Å²) >= 11 is 2.87. The minimum Gasteiger partial charge on any atom is -0.374 e. The van der Waals surface area contributed by atoms with Crippen molar-refractivity contribution in [1.82, 2.24) is 0 Å². The molecule has 0 radical (unpaired) electrons. The van der Waals surface area contributed by atoms with E-state index < -0.39 is 11.7 Å². The second-order valence-electron chi connectivity index (χ2n) is 2.97. The molecule has 0 heterocycles. The van der Waals surface area contributed by atoms with Crippen LogP contribution in [0.5, 0.6) is 0 Å². The first-order valence-corrected chi connectivity index (χ1v) is 5.24. The van der Waals surface area contributed by atoms with Crippen molar-refractivity contribution in [2.75, 3.05) is 11.9 Å². The molecule has 0 aliphatic heterocycles. The average Bonchev–Trinajstić information content (AvgIpc) is 2.19. The summed E-state index contributed by atoms with van der Waals surface area (Å²) in [4.78, 5) is 0. The zero-order valence-corrected chi connectivity index (χ0v) is 10.0. The van der Waals surface area contributed by atoms with Crippen LogP contribution in [0.25, 0.3) is 0 Å². The van der Waals surface area contributed by atoms with Gasteiger partial charge in [-0.2, -0.15) is 13.2 Å². The Morgan fingerprint density at radius 2 is 2.06 bits per heavy atom. The summed E-state index contributed by atoms with van der Waals surface area (Å²) in [6.45, 7) is 2.00. The van der Waals surface area contributed by atoms with E-state index in [1.165, 1.54) is 6.07 Å². The Morgan fingerprint density at radius 3 is 2.62 bits per heavy atom. The molecule has 0 unspecified atom stereocenters. The van der Waals surface area contributed by atoms with E-state index in [0.717, 1.165) is 6.07 Å². The summed E-state index contributed by atoms with van der Waals surface area (Å²) in [6.07, 6.45) is -4.35. The Balaban J connectivity index is 2.93. The van der Waals surface area contributed by atoms with E-state index in [2.05, 4.69) is 33.1 Å². The standard InChI is InChI=1S/C11H9BrF3N/c1-2-3-6-16-8-4-5-10(12)9(7-8)11(13,14)15/h4-5,7,16H,6H2,1H3. The summed E-state index contributed by atoms with van der Waals surface area (Å²) in [5.41, 5.74) is -0.291. The first kappa shape index (κ1) is 12.9. The Kier molecular flexibility index (Phi) is 4.25. The topological polar surface area (TPSA) is 12.0 Å². The van der Waals surface area contributed by atoms with Gasteiger partial charge in [-0.3, -0.25) is 0 Å². The van der Waals surface area contributed by atoms with Crippen LogP contribution in [-0.2, 0) is 6.18 Å². The maximum atomic E-state index is 12.5. The third kappa shape index (κ3) is 3.46. The van der Waals surface area contributed by atoms with Gasteiger partial charge in [0.05, 0.1) is 12.1 Å². The minimum absolute atomic E-state index is 0.0344. The Labute approximate surface area is 100 Å². The quantitative estimate of drug-likeness (QED) is 0.815. The lowest BCUT2D eigenvalue weighted by Gasteiger charge is -2.11. The van der Waals surface area contributed by atoms with Gasteiger partial charge in [0.1, 0.15) is 0 Å². The van der Waals surface area contributed by atoms with Gasteiger partial charge in [0, 0.05) is 10.2 Å². The molecule has 0 spiro atoms. The van der Waals surface area contributed by atoms with Crippen LogP contribution in [0.3, 0.4) is 0 Å². The number of rotatable bonds is 2.